The topological polar surface area (TPSA) is 59.1 Å². The van der Waals surface area contributed by atoms with Gasteiger partial charge in [-0.15, -0.1) is 0 Å². The Labute approximate surface area is 130 Å². The number of ether oxygens (including phenoxy) is 2. The highest BCUT2D eigenvalue weighted by Crippen LogP contribution is 2.20. The number of piperazine rings is 1. The molecule has 1 aliphatic heterocycles. The van der Waals surface area contributed by atoms with Gasteiger partial charge in [0.2, 0.25) is 0 Å². The van der Waals surface area contributed by atoms with E-state index < -0.39 is 0 Å². The lowest BCUT2D eigenvalue weighted by Crippen LogP contribution is -2.50. The zero-order valence-corrected chi connectivity index (χ0v) is 13.1. The van der Waals surface area contributed by atoms with Crippen LogP contribution in [0.2, 0.25) is 0 Å². The predicted molar refractivity (Wildman–Crippen MR) is 82.1 cm³/mol. The monoisotopic (exact) mass is 306 g/mol. The molecule has 0 aliphatic carbocycles. The number of nitrogens with zero attached hydrogens (tertiary/aromatic N) is 2. The molecule has 1 fully saturated rings. The summed E-state index contributed by atoms with van der Waals surface area (Å²) in [5.74, 6) is 0.537. The fourth-order valence-corrected chi connectivity index (χ4v) is 2.40. The molecule has 0 radical (unpaired) electrons. The number of hydrogen-bond acceptors (Lipinski definition) is 4. The van der Waals surface area contributed by atoms with E-state index in [2.05, 4.69) is 0 Å². The maximum absolute atomic E-state index is 12.6. The molecule has 1 aromatic rings. The standard InChI is InChI=1S/C16H22N2O4/c1-3-21-14-8-6-5-7-13(14)15(19)17-9-11-18(12-10-17)16(20)22-4-2/h5-8H,3-4,9-12H2,1-2H3. The van der Waals surface area contributed by atoms with Gasteiger partial charge in [0.05, 0.1) is 18.8 Å². The first-order valence-corrected chi connectivity index (χ1v) is 7.60. The summed E-state index contributed by atoms with van der Waals surface area (Å²) in [5, 5.41) is 0. The third-order valence-electron chi connectivity index (χ3n) is 3.51. The Morgan fingerprint density at radius 3 is 2.27 bits per heavy atom. The Hall–Kier alpha value is -2.24. The molecule has 2 rings (SSSR count). The summed E-state index contributed by atoms with van der Waals surface area (Å²) < 4.78 is 10.5. The highest BCUT2D eigenvalue weighted by atomic mass is 16.6. The molecule has 0 bridgehead atoms. The van der Waals surface area contributed by atoms with Crippen LogP contribution in [-0.2, 0) is 4.74 Å². The lowest BCUT2D eigenvalue weighted by molar-refractivity contribution is 0.0567. The van der Waals surface area contributed by atoms with Crippen LogP contribution < -0.4 is 4.74 Å². The van der Waals surface area contributed by atoms with Gasteiger partial charge >= 0.3 is 6.09 Å². The molecule has 2 amide bonds. The Bertz CT molecular complexity index is 525. The highest BCUT2D eigenvalue weighted by Gasteiger charge is 2.26. The van der Waals surface area contributed by atoms with E-state index >= 15 is 0 Å². The van der Waals surface area contributed by atoms with E-state index in [1.165, 1.54) is 0 Å². The van der Waals surface area contributed by atoms with Crippen LogP contribution in [-0.4, -0.2) is 61.2 Å². The predicted octanol–water partition coefficient (Wildman–Crippen LogP) is 2.00. The molecule has 0 aromatic heterocycles. The number of hydrogen-bond donors (Lipinski definition) is 0. The first-order chi connectivity index (χ1) is 10.7. The normalized spacial score (nSPS) is 14.6. The van der Waals surface area contributed by atoms with Crippen LogP contribution in [0, 0.1) is 0 Å². The van der Waals surface area contributed by atoms with Crippen molar-refractivity contribution in [2.45, 2.75) is 13.8 Å². The van der Waals surface area contributed by atoms with Crippen LogP contribution in [0.1, 0.15) is 24.2 Å². The van der Waals surface area contributed by atoms with Gasteiger partial charge in [0.1, 0.15) is 5.75 Å². The average molecular weight is 306 g/mol. The second-order valence-electron chi connectivity index (χ2n) is 4.91. The summed E-state index contributed by atoms with van der Waals surface area (Å²) in [6.07, 6.45) is -0.315. The molecule has 0 spiro atoms. The Morgan fingerprint density at radius 2 is 1.64 bits per heavy atom. The van der Waals surface area contributed by atoms with E-state index in [1.54, 1.807) is 28.9 Å². The summed E-state index contributed by atoms with van der Waals surface area (Å²) in [6.45, 7) is 6.52. The first kappa shape index (κ1) is 16.1. The SMILES string of the molecule is CCOC(=O)N1CCN(C(=O)c2ccccc2OCC)CC1. The van der Waals surface area contributed by atoms with Crippen molar-refractivity contribution >= 4 is 12.0 Å². The van der Waals surface area contributed by atoms with Gasteiger partial charge in [0.15, 0.2) is 0 Å². The highest BCUT2D eigenvalue weighted by molar-refractivity contribution is 5.97. The smallest absolute Gasteiger partial charge is 0.409 e. The van der Waals surface area contributed by atoms with Crippen LogP contribution in [0.15, 0.2) is 24.3 Å². The molecule has 22 heavy (non-hydrogen) atoms. The van der Waals surface area contributed by atoms with Crippen LogP contribution in [0.25, 0.3) is 0 Å². The maximum Gasteiger partial charge on any atom is 0.409 e. The van der Waals surface area contributed by atoms with Gasteiger partial charge in [-0.3, -0.25) is 4.79 Å². The average Bonchev–Trinajstić information content (AvgIpc) is 2.55. The molecule has 1 heterocycles. The van der Waals surface area contributed by atoms with Crippen LogP contribution in [0.5, 0.6) is 5.75 Å². The summed E-state index contributed by atoms with van der Waals surface area (Å²) in [6, 6.07) is 7.24. The minimum absolute atomic E-state index is 0.0624. The number of para-hydroxylation sites is 1. The molecule has 1 aliphatic rings. The van der Waals surface area contributed by atoms with E-state index in [1.807, 2.05) is 19.1 Å². The van der Waals surface area contributed by atoms with Gasteiger partial charge in [0.25, 0.3) is 5.91 Å². The molecule has 1 saturated heterocycles. The number of amides is 2. The molecular formula is C16H22N2O4. The number of carbonyl (C=O) groups is 2. The summed E-state index contributed by atoms with van der Waals surface area (Å²) in [5.41, 5.74) is 0.564. The molecular weight excluding hydrogens is 284 g/mol. The molecule has 0 N–H and O–H groups in total. The number of benzene rings is 1. The second kappa shape index (κ2) is 7.68. The van der Waals surface area contributed by atoms with Gasteiger partial charge in [-0.1, -0.05) is 12.1 Å². The van der Waals surface area contributed by atoms with Crippen molar-refractivity contribution in [2.24, 2.45) is 0 Å². The van der Waals surface area contributed by atoms with Crippen molar-refractivity contribution in [3.05, 3.63) is 29.8 Å². The van der Waals surface area contributed by atoms with E-state index in [9.17, 15) is 9.59 Å². The van der Waals surface area contributed by atoms with Crippen molar-refractivity contribution in [2.75, 3.05) is 39.4 Å². The Morgan fingerprint density at radius 1 is 1.00 bits per heavy atom. The van der Waals surface area contributed by atoms with Crippen LogP contribution >= 0.6 is 0 Å². The van der Waals surface area contributed by atoms with Gasteiger partial charge < -0.3 is 19.3 Å². The number of rotatable bonds is 4. The molecule has 0 saturated carbocycles. The number of carbonyl (C=O) groups excluding carboxylic acids is 2. The third kappa shape index (κ3) is 3.69. The van der Waals surface area contributed by atoms with Gasteiger partial charge in [0, 0.05) is 26.2 Å². The van der Waals surface area contributed by atoms with Crippen LogP contribution in [0.3, 0.4) is 0 Å². The molecule has 1 aromatic carbocycles. The zero-order chi connectivity index (χ0) is 15.9. The molecule has 6 heteroatoms. The minimum Gasteiger partial charge on any atom is -0.493 e. The van der Waals surface area contributed by atoms with Crippen molar-refractivity contribution in [1.82, 2.24) is 9.80 Å². The molecule has 6 nitrogen and oxygen atoms in total. The third-order valence-corrected chi connectivity index (χ3v) is 3.51. The quantitative estimate of drug-likeness (QED) is 0.853. The lowest BCUT2D eigenvalue weighted by Gasteiger charge is -2.34. The zero-order valence-electron chi connectivity index (χ0n) is 13.1. The van der Waals surface area contributed by atoms with Gasteiger partial charge in [-0.2, -0.15) is 0 Å². The van der Waals surface area contributed by atoms with Crippen molar-refractivity contribution < 1.29 is 19.1 Å². The fourth-order valence-electron chi connectivity index (χ4n) is 2.40. The Kier molecular flexibility index (Phi) is 5.63. The molecule has 120 valence electrons. The van der Waals surface area contributed by atoms with Gasteiger partial charge in [-0.05, 0) is 26.0 Å². The first-order valence-electron chi connectivity index (χ1n) is 7.60. The Balaban J connectivity index is 1.99. The lowest BCUT2D eigenvalue weighted by atomic mass is 10.1. The summed E-state index contributed by atoms with van der Waals surface area (Å²) in [7, 11) is 0. The molecule has 0 atom stereocenters. The van der Waals surface area contributed by atoms with Gasteiger partial charge in [-0.25, -0.2) is 4.79 Å². The molecule has 0 unspecified atom stereocenters. The van der Waals surface area contributed by atoms with E-state index in [4.69, 9.17) is 9.47 Å². The second-order valence-corrected chi connectivity index (χ2v) is 4.91. The van der Waals surface area contributed by atoms with Crippen molar-refractivity contribution in [1.29, 1.82) is 0 Å². The minimum atomic E-state index is -0.315. The fraction of sp³-hybridized carbons (Fsp3) is 0.500. The van der Waals surface area contributed by atoms with Crippen molar-refractivity contribution in [3.63, 3.8) is 0 Å². The van der Waals surface area contributed by atoms with Crippen LogP contribution in [0.4, 0.5) is 4.79 Å². The maximum atomic E-state index is 12.6. The summed E-state index contributed by atoms with van der Waals surface area (Å²) in [4.78, 5) is 27.6. The van der Waals surface area contributed by atoms with Crippen molar-refractivity contribution in [3.8, 4) is 5.75 Å². The largest absolute Gasteiger partial charge is 0.493 e. The summed E-state index contributed by atoms with van der Waals surface area (Å²) >= 11 is 0. The van der Waals surface area contributed by atoms with E-state index in [-0.39, 0.29) is 12.0 Å². The van der Waals surface area contributed by atoms with E-state index in [0.29, 0.717) is 50.7 Å². The van der Waals surface area contributed by atoms with E-state index in [0.717, 1.165) is 0 Å².